The number of methoxy groups -OCH3 is 1. The number of likely N-dealkylation sites (tertiary alicyclic amines) is 1. The molecule has 4 fully saturated rings. The number of carbonyl (C=O) groups is 1. The number of aromatic nitrogens is 2. The molecule has 2 N–H and O–H groups in total. The molecule has 12 heteroatoms. The minimum atomic E-state index is -4.54. The van der Waals surface area contributed by atoms with Gasteiger partial charge in [0.05, 0.1) is 35.8 Å². The van der Waals surface area contributed by atoms with E-state index in [-0.39, 0.29) is 42.1 Å². The topological polar surface area (TPSA) is 100 Å². The van der Waals surface area contributed by atoms with Gasteiger partial charge in [0.15, 0.2) is 0 Å². The second kappa shape index (κ2) is 9.62. The van der Waals surface area contributed by atoms with Crippen LogP contribution >= 0.6 is 0 Å². The van der Waals surface area contributed by atoms with Crippen molar-refractivity contribution in [3.05, 3.63) is 18.0 Å². The molecule has 5 rings (SSSR count). The summed E-state index contributed by atoms with van der Waals surface area (Å²) in [5.41, 5.74) is -3.15. The first kappa shape index (κ1) is 26.6. The summed E-state index contributed by atoms with van der Waals surface area (Å²) in [4.78, 5) is 25.5. The minimum Gasteiger partial charge on any atom is -0.389 e. The van der Waals surface area contributed by atoms with Gasteiger partial charge in [-0.1, -0.05) is 0 Å². The third-order valence-electron chi connectivity index (χ3n) is 8.84. The van der Waals surface area contributed by atoms with Gasteiger partial charge in [0, 0.05) is 45.1 Å². The summed E-state index contributed by atoms with van der Waals surface area (Å²) in [6.07, 6.45) is -0.177. The van der Waals surface area contributed by atoms with Crippen LogP contribution in [0, 0.1) is 5.41 Å². The maximum absolute atomic E-state index is 14.1. The molecule has 1 aliphatic carbocycles. The van der Waals surface area contributed by atoms with Crippen LogP contribution in [0.4, 0.5) is 19.1 Å². The third kappa shape index (κ3) is 4.81. The molecule has 0 radical (unpaired) electrons. The molecule has 1 saturated carbocycles. The number of fused-ring (bicyclic) bond motifs is 2. The average molecular weight is 528 g/mol. The first-order valence-corrected chi connectivity index (χ1v) is 13.0. The number of carbonyl (C=O) groups excluding carboxylic acids is 1. The number of halogens is 3. The zero-order valence-electron chi connectivity index (χ0n) is 21.5. The van der Waals surface area contributed by atoms with Crippen LogP contribution < -0.4 is 10.2 Å². The molecule has 0 spiro atoms. The third-order valence-corrected chi connectivity index (χ3v) is 8.84. The number of nitrogens with one attached hydrogen (secondary N) is 1. The smallest absolute Gasteiger partial charge is 0.389 e. The molecule has 0 aromatic carbocycles. The number of alkyl halides is 3. The Labute approximate surface area is 214 Å². The predicted molar refractivity (Wildman–Crippen MR) is 128 cm³/mol. The number of amides is 1. The fourth-order valence-electron chi connectivity index (χ4n) is 6.72. The van der Waals surface area contributed by atoms with E-state index in [1.165, 1.54) is 0 Å². The van der Waals surface area contributed by atoms with E-state index < -0.39 is 22.9 Å². The molecule has 1 amide bonds. The number of hydrogen-bond donors (Lipinski definition) is 2. The summed E-state index contributed by atoms with van der Waals surface area (Å²) in [7, 11) is 1.67. The minimum absolute atomic E-state index is 0.0425. The second-order valence-corrected chi connectivity index (χ2v) is 11.4. The molecule has 3 saturated heterocycles. The van der Waals surface area contributed by atoms with E-state index in [4.69, 9.17) is 9.47 Å². The number of rotatable bonds is 6. The van der Waals surface area contributed by atoms with E-state index >= 15 is 0 Å². The van der Waals surface area contributed by atoms with Crippen molar-refractivity contribution in [3.63, 3.8) is 0 Å². The molecule has 2 bridgehead atoms. The van der Waals surface area contributed by atoms with Crippen LogP contribution in [0.1, 0.15) is 51.6 Å². The van der Waals surface area contributed by atoms with E-state index in [0.29, 0.717) is 45.6 Å². The molecule has 206 valence electrons. The van der Waals surface area contributed by atoms with E-state index in [2.05, 4.69) is 15.3 Å². The van der Waals surface area contributed by atoms with Crippen molar-refractivity contribution < 1.29 is 32.5 Å². The van der Waals surface area contributed by atoms with E-state index in [9.17, 15) is 23.1 Å². The van der Waals surface area contributed by atoms with Crippen molar-refractivity contribution in [1.29, 1.82) is 0 Å². The van der Waals surface area contributed by atoms with Gasteiger partial charge in [-0.2, -0.15) is 13.2 Å². The van der Waals surface area contributed by atoms with Crippen LogP contribution in [-0.2, 0) is 20.4 Å². The lowest BCUT2D eigenvalue weighted by Crippen LogP contribution is -2.59. The van der Waals surface area contributed by atoms with Crippen molar-refractivity contribution in [2.75, 3.05) is 38.3 Å². The lowest BCUT2D eigenvalue weighted by Gasteiger charge is -2.45. The first-order chi connectivity index (χ1) is 17.4. The van der Waals surface area contributed by atoms with Crippen LogP contribution in [0.3, 0.4) is 0 Å². The van der Waals surface area contributed by atoms with E-state index in [1.807, 2.05) is 4.90 Å². The van der Waals surface area contributed by atoms with Crippen molar-refractivity contribution in [2.45, 2.75) is 88.0 Å². The molecule has 4 aliphatic rings. The first-order valence-electron chi connectivity index (χ1n) is 13.0. The highest BCUT2D eigenvalue weighted by molar-refractivity contribution is 5.85. The monoisotopic (exact) mass is 527 g/mol. The standard InChI is InChI=1S/C25H36F3N5O4/c1-23(2,35)24(7-4-15(11-24)30-18-6-9-37-14-19(18)36-3)21(34)32-12-17-10-16(32)13-33(17)22-29-8-5-20(31-22)25(26,27)28/h5,8,15-19,30,35H,4,6-7,9-14H2,1-3H3. The van der Waals surface area contributed by atoms with Gasteiger partial charge in [-0.05, 0) is 52.0 Å². The van der Waals surface area contributed by atoms with Crippen molar-refractivity contribution in [1.82, 2.24) is 20.2 Å². The molecule has 6 unspecified atom stereocenters. The SMILES string of the molecule is COC1COCCC1NC1CCC(C(=O)N2CC3CC2CN3c2nccc(C(F)(F)F)n2)(C(C)(C)O)C1. The van der Waals surface area contributed by atoms with Crippen LogP contribution in [-0.4, -0.2) is 95.2 Å². The lowest BCUT2D eigenvalue weighted by atomic mass is 9.70. The lowest BCUT2D eigenvalue weighted by molar-refractivity contribution is -0.159. The number of aliphatic hydroxyl groups is 1. The molecule has 3 aliphatic heterocycles. The predicted octanol–water partition coefficient (Wildman–Crippen LogP) is 1.99. The Morgan fingerprint density at radius 2 is 2.05 bits per heavy atom. The zero-order chi connectivity index (χ0) is 26.6. The maximum Gasteiger partial charge on any atom is 0.433 e. The summed E-state index contributed by atoms with van der Waals surface area (Å²) in [5.74, 6) is -0.0300. The summed E-state index contributed by atoms with van der Waals surface area (Å²) < 4.78 is 50.6. The van der Waals surface area contributed by atoms with Gasteiger partial charge in [0.25, 0.3) is 0 Å². The largest absolute Gasteiger partial charge is 0.433 e. The van der Waals surface area contributed by atoms with E-state index in [0.717, 1.165) is 25.1 Å². The Morgan fingerprint density at radius 1 is 1.27 bits per heavy atom. The highest BCUT2D eigenvalue weighted by atomic mass is 19.4. The molecule has 1 aromatic heterocycles. The Hall–Kier alpha value is -2.02. The summed E-state index contributed by atoms with van der Waals surface area (Å²) in [6, 6.07) is 0.735. The fourth-order valence-corrected chi connectivity index (χ4v) is 6.72. The maximum atomic E-state index is 14.1. The number of anilines is 1. The van der Waals surface area contributed by atoms with Gasteiger partial charge in [-0.15, -0.1) is 0 Å². The Balaban J connectivity index is 1.29. The number of ether oxygens (including phenoxy) is 2. The van der Waals surface area contributed by atoms with Gasteiger partial charge in [0.1, 0.15) is 5.69 Å². The number of piperazine rings is 1. The van der Waals surface area contributed by atoms with Gasteiger partial charge in [0.2, 0.25) is 11.9 Å². The Bertz CT molecular complexity index is 1010. The summed E-state index contributed by atoms with van der Waals surface area (Å²) in [6.45, 7) is 5.35. The molecule has 6 atom stereocenters. The molecule has 4 heterocycles. The van der Waals surface area contributed by atoms with Crippen LogP contribution in [0.25, 0.3) is 0 Å². The Morgan fingerprint density at radius 3 is 2.70 bits per heavy atom. The summed E-state index contributed by atoms with van der Waals surface area (Å²) >= 11 is 0. The summed E-state index contributed by atoms with van der Waals surface area (Å²) in [5, 5.41) is 14.9. The second-order valence-electron chi connectivity index (χ2n) is 11.4. The van der Waals surface area contributed by atoms with Gasteiger partial charge in [-0.25, -0.2) is 9.97 Å². The quantitative estimate of drug-likeness (QED) is 0.580. The molecular weight excluding hydrogens is 491 g/mol. The van der Waals surface area contributed by atoms with Crippen molar-refractivity contribution >= 4 is 11.9 Å². The van der Waals surface area contributed by atoms with Crippen LogP contribution in [0.5, 0.6) is 0 Å². The average Bonchev–Trinajstić information content (AvgIpc) is 3.58. The van der Waals surface area contributed by atoms with Crippen molar-refractivity contribution in [3.8, 4) is 0 Å². The molecule has 9 nitrogen and oxygen atoms in total. The fraction of sp³-hybridized carbons (Fsp3) is 0.800. The highest BCUT2D eigenvalue weighted by Gasteiger charge is 2.59. The van der Waals surface area contributed by atoms with Gasteiger partial charge >= 0.3 is 6.18 Å². The van der Waals surface area contributed by atoms with Gasteiger partial charge < -0.3 is 29.7 Å². The number of hydrogen-bond acceptors (Lipinski definition) is 8. The molecular formula is C25H36F3N5O4. The van der Waals surface area contributed by atoms with Crippen LogP contribution in [0.2, 0.25) is 0 Å². The normalized spacial score (nSPS) is 34.4. The van der Waals surface area contributed by atoms with Crippen LogP contribution in [0.15, 0.2) is 12.3 Å². The van der Waals surface area contributed by atoms with Crippen molar-refractivity contribution in [2.24, 2.45) is 5.41 Å². The van der Waals surface area contributed by atoms with Gasteiger partial charge in [-0.3, -0.25) is 4.79 Å². The molecule has 1 aromatic rings. The van der Waals surface area contributed by atoms with E-state index in [1.54, 1.807) is 25.9 Å². The highest BCUT2D eigenvalue weighted by Crippen LogP contribution is 2.50. The zero-order valence-corrected chi connectivity index (χ0v) is 21.5. The Kier molecular flexibility index (Phi) is 6.91. The molecule has 37 heavy (non-hydrogen) atoms. The number of nitrogens with zero attached hydrogens (tertiary/aromatic N) is 4.